The van der Waals surface area contributed by atoms with Crippen molar-refractivity contribution in [3.8, 4) is 0 Å². The molecule has 0 radical (unpaired) electrons. The predicted molar refractivity (Wildman–Crippen MR) is 69.8 cm³/mol. The van der Waals surface area contributed by atoms with Crippen LogP contribution in [0.5, 0.6) is 0 Å². The second-order valence-electron chi connectivity index (χ2n) is 4.27. The van der Waals surface area contributed by atoms with Crippen molar-refractivity contribution in [2.75, 3.05) is 18.6 Å². The number of rotatable bonds is 8. The molecule has 0 aliphatic heterocycles. The molecule has 2 amide bonds. The van der Waals surface area contributed by atoms with Crippen LogP contribution >= 0.6 is 11.8 Å². The zero-order valence-electron chi connectivity index (χ0n) is 10.2. The van der Waals surface area contributed by atoms with Crippen molar-refractivity contribution < 1.29 is 9.59 Å². The van der Waals surface area contributed by atoms with E-state index in [1.54, 1.807) is 11.8 Å². The first-order valence-corrected chi connectivity index (χ1v) is 7.34. The van der Waals surface area contributed by atoms with Gasteiger partial charge >= 0.3 is 0 Å². The van der Waals surface area contributed by atoms with Crippen LogP contribution in [0.1, 0.15) is 25.7 Å². The maximum atomic E-state index is 11.5. The van der Waals surface area contributed by atoms with Gasteiger partial charge in [0.25, 0.3) is 0 Å². The van der Waals surface area contributed by atoms with Gasteiger partial charge in [-0.15, -0.1) is 0 Å². The fourth-order valence-corrected chi connectivity index (χ4v) is 1.82. The Morgan fingerprint density at radius 3 is 2.76 bits per heavy atom. The van der Waals surface area contributed by atoms with E-state index in [9.17, 15) is 9.59 Å². The molecule has 0 aromatic carbocycles. The first kappa shape index (κ1) is 14.3. The fourth-order valence-electron chi connectivity index (χ4n) is 1.33. The van der Waals surface area contributed by atoms with Crippen LogP contribution in [0.3, 0.4) is 0 Å². The lowest BCUT2D eigenvalue weighted by molar-refractivity contribution is -0.123. The summed E-state index contributed by atoms with van der Waals surface area (Å²) in [5, 5.41) is 5.55. The summed E-state index contributed by atoms with van der Waals surface area (Å²) in [5.74, 6) is 0.709. The van der Waals surface area contributed by atoms with Crippen LogP contribution in [0.25, 0.3) is 0 Å². The highest BCUT2D eigenvalue weighted by Gasteiger charge is 2.22. The second-order valence-corrected chi connectivity index (χ2v) is 5.26. The molecule has 0 aromatic rings. The maximum Gasteiger partial charge on any atom is 0.236 e. The Hall–Kier alpha value is -0.750. The standard InChI is InChI=1S/C11H21N3O2S/c1-17-7-5-9(12)11(16)13-6-4-10(15)14-8-2-3-8/h8-9H,2-7,12H2,1H3,(H,13,16)(H,14,15)/t9-/m0/s1. The third-order valence-electron chi connectivity index (χ3n) is 2.56. The van der Waals surface area contributed by atoms with Gasteiger partial charge in [0.1, 0.15) is 0 Å². The molecule has 0 bridgehead atoms. The van der Waals surface area contributed by atoms with E-state index in [1.807, 2.05) is 6.26 Å². The van der Waals surface area contributed by atoms with Crippen LogP contribution < -0.4 is 16.4 Å². The van der Waals surface area contributed by atoms with E-state index in [2.05, 4.69) is 10.6 Å². The summed E-state index contributed by atoms with van der Waals surface area (Å²) in [7, 11) is 0. The van der Waals surface area contributed by atoms with E-state index < -0.39 is 6.04 Å². The predicted octanol–water partition coefficient (Wildman–Crippen LogP) is -0.148. The van der Waals surface area contributed by atoms with Crippen molar-refractivity contribution in [2.45, 2.75) is 37.8 Å². The molecule has 0 aromatic heterocycles. The summed E-state index contributed by atoms with van der Waals surface area (Å²) < 4.78 is 0. The van der Waals surface area contributed by atoms with E-state index in [4.69, 9.17) is 5.73 Å². The molecule has 1 aliphatic rings. The summed E-state index contributed by atoms with van der Waals surface area (Å²) in [6.45, 7) is 0.365. The zero-order chi connectivity index (χ0) is 12.7. The molecule has 98 valence electrons. The molecule has 1 saturated carbocycles. The van der Waals surface area contributed by atoms with Gasteiger partial charge in [0.15, 0.2) is 0 Å². The highest BCUT2D eigenvalue weighted by atomic mass is 32.2. The van der Waals surface area contributed by atoms with E-state index in [-0.39, 0.29) is 11.8 Å². The molecular weight excluding hydrogens is 238 g/mol. The number of carbonyl (C=O) groups is 2. The van der Waals surface area contributed by atoms with Crippen LogP contribution in [0.4, 0.5) is 0 Å². The first-order valence-electron chi connectivity index (χ1n) is 5.95. The van der Waals surface area contributed by atoms with Gasteiger partial charge in [0.05, 0.1) is 6.04 Å². The third-order valence-corrected chi connectivity index (χ3v) is 3.21. The van der Waals surface area contributed by atoms with Crippen molar-refractivity contribution in [1.29, 1.82) is 0 Å². The van der Waals surface area contributed by atoms with Crippen LogP contribution in [-0.4, -0.2) is 42.5 Å². The van der Waals surface area contributed by atoms with E-state index >= 15 is 0 Å². The van der Waals surface area contributed by atoms with Crippen LogP contribution in [0.15, 0.2) is 0 Å². The number of amides is 2. The zero-order valence-corrected chi connectivity index (χ0v) is 11.0. The Kier molecular flexibility index (Phi) is 6.36. The van der Waals surface area contributed by atoms with Gasteiger partial charge in [-0.1, -0.05) is 0 Å². The molecule has 4 N–H and O–H groups in total. The van der Waals surface area contributed by atoms with Gasteiger partial charge in [-0.05, 0) is 31.3 Å². The largest absolute Gasteiger partial charge is 0.354 e. The fraction of sp³-hybridized carbons (Fsp3) is 0.818. The monoisotopic (exact) mass is 259 g/mol. The Morgan fingerprint density at radius 1 is 1.47 bits per heavy atom. The molecule has 0 heterocycles. The smallest absolute Gasteiger partial charge is 0.236 e. The minimum atomic E-state index is -0.464. The highest BCUT2D eigenvalue weighted by molar-refractivity contribution is 7.98. The quantitative estimate of drug-likeness (QED) is 0.566. The molecule has 1 atom stereocenters. The Bertz CT molecular complexity index is 269. The number of nitrogens with two attached hydrogens (primary N) is 1. The average Bonchev–Trinajstić information content (AvgIpc) is 3.09. The van der Waals surface area contributed by atoms with E-state index in [0.717, 1.165) is 18.6 Å². The Labute approximate surface area is 106 Å². The van der Waals surface area contributed by atoms with Crippen molar-refractivity contribution >= 4 is 23.6 Å². The highest BCUT2D eigenvalue weighted by Crippen LogP contribution is 2.18. The van der Waals surface area contributed by atoms with Gasteiger partial charge in [0, 0.05) is 19.0 Å². The molecule has 0 unspecified atom stereocenters. The van der Waals surface area contributed by atoms with Gasteiger partial charge in [-0.2, -0.15) is 11.8 Å². The Morgan fingerprint density at radius 2 is 2.18 bits per heavy atom. The van der Waals surface area contributed by atoms with Crippen LogP contribution in [0.2, 0.25) is 0 Å². The summed E-state index contributed by atoms with van der Waals surface area (Å²) in [5.41, 5.74) is 5.68. The van der Waals surface area contributed by atoms with E-state index in [0.29, 0.717) is 25.4 Å². The topological polar surface area (TPSA) is 84.2 Å². The van der Waals surface area contributed by atoms with Gasteiger partial charge < -0.3 is 16.4 Å². The van der Waals surface area contributed by atoms with Gasteiger partial charge in [-0.25, -0.2) is 0 Å². The van der Waals surface area contributed by atoms with Crippen molar-refractivity contribution in [3.63, 3.8) is 0 Å². The van der Waals surface area contributed by atoms with E-state index in [1.165, 1.54) is 0 Å². The molecule has 5 nitrogen and oxygen atoms in total. The molecule has 0 saturated heterocycles. The summed E-state index contributed by atoms with van der Waals surface area (Å²) in [6.07, 6.45) is 5.14. The van der Waals surface area contributed by atoms with Crippen molar-refractivity contribution in [3.05, 3.63) is 0 Å². The number of nitrogens with one attached hydrogen (secondary N) is 2. The SMILES string of the molecule is CSCC[C@H](N)C(=O)NCCC(=O)NC1CC1. The van der Waals surface area contributed by atoms with Crippen LogP contribution in [-0.2, 0) is 9.59 Å². The lowest BCUT2D eigenvalue weighted by Crippen LogP contribution is -2.42. The molecule has 1 rings (SSSR count). The normalized spacial score (nSPS) is 16.4. The molecule has 1 fully saturated rings. The van der Waals surface area contributed by atoms with Crippen molar-refractivity contribution in [2.24, 2.45) is 5.73 Å². The molecular formula is C11H21N3O2S. The maximum absolute atomic E-state index is 11.5. The summed E-state index contributed by atoms with van der Waals surface area (Å²) in [4.78, 5) is 22.8. The van der Waals surface area contributed by atoms with Crippen molar-refractivity contribution in [1.82, 2.24) is 10.6 Å². The molecule has 1 aliphatic carbocycles. The van der Waals surface area contributed by atoms with Crippen LogP contribution in [0, 0.1) is 0 Å². The summed E-state index contributed by atoms with van der Waals surface area (Å²) in [6, 6.07) is -0.0871. The minimum absolute atomic E-state index is 0.00508. The lowest BCUT2D eigenvalue weighted by atomic mass is 10.2. The molecule has 0 spiro atoms. The number of hydrogen-bond acceptors (Lipinski definition) is 4. The number of thioether (sulfide) groups is 1. The summed E-state index contributed by atoms with van der Waals surface area (Å²) >= 11 is 1.67. The van der Waals surface area contributed by atoms with Gasteiger partial charge in [0.2, 0.25) is 11.8 Å². The number of carbonyl (C=O) groups excluding carboxylic acids is 2. The number of hydrogen-bond donors (Lipinski definition) is 3. The average molecular weight is 259 g/mol. The minimum Gasteiger partial charge on any atom is -0.354 e. The first-order chi connectivity index (χ1) is 8.13. The molecule has 6 heteroatoms. The second kappa shape index (κ2) is 7.55. The Balaban J connectivity index is 2.03. The van der Waals surface area contributed by atoms with Gasteiger partial charge in [-0.3, -0.25) is 9.59 Å². The molecule has 17 heavy (non-hydrogen) atoms. The third kappa shape index (κ3) is 6.53. The lowest BCUT2D eigenvalue weighted by Gasteiger charge is -2.11.